The van der Waals surface area contributed by atoms with E-state index in [-0.39, 0.29) is 5.60 Å². The fourth-order valence-electron chi connectivity index (χ4n) is 3.34. The number of aromatic nitrogens is 3. The Morgan fingerprint density at radius 3 is 3.23 bits per heavy atom. The molecule has 0 aromatic carbocycles. The Hall–Kier alpha value is -1.79. The van der Waals surface area contributed by atoms with Crippen molar-refractivity contribution in [3.63, 3.8) is 0 Å². The molecule has 2 aliphatic rings. The summed E-state index contributed by atoms with van der Waals surface area (Å²) in [4.78, 5) is 10.7. The van der Waals surface area contributed by atoms with E-state index in [2.05, 4.69) is 34.8 Å². The average molecular weight is 313 g/mol. The van der Waals surface area contributed by atoms with Crippen LogP contribution in [-0.2, 0) is 24.3 Å². The summed E-state index contributed by atoms with van der Waals surface area (Å²) >= 11 is 1.74. The summed E-state index contributed by atoms with van der Waals surface area (Å²) in [5.41, 5.74) is 3.31. The van der Waals surface area contributed by atoms with Gasteiger partial charge in [0.25, 0.3) is 0 Å². The first kappa shape index (κ1) is 12.7. The lowest BCUT2D eigenvalue weighted by Gasteiger charge is -2.30. The van der Waals surface area contributed by atoms with Crippen molar-refractivity contribution in [1.82, 2.24) is 9.97 Å². The highest BCUT2D eigenvalue weighted by atomic mass is 32.1. The summed E-state index contributed by atoms with van der Waals surface area (Å²) in [5, 5.41) is 4.62. The summed E-state index contributed by atoms with van der Waals surface area (Å²) in [6.07, 6.45) is 2.80. The molecule has 3 aromatic heterocycles. The molecule has 3 aromatic rings. The lowest BCUT2D eigenvalue weighted by atomic mass is 9.95. The molecule has 0 aliphatic carbocycles. The third-order valence-electron chi connectivity index (χ3n) is 4.51. The molecule has 0 saturated heterocycles. The monoisotopic (exact) mass is 313 g/mol. The van der Waals surface area contributed by atoms with Crippen LogP contribution in [-0.4, -0.2) is 22.1 Å². The molecule has 2 aliphatic heterocycles. The number of hydrogen-bond acceptors (Lipinski definition) is 5. The second-order valence-corrected chi connectivity index (χ2v) is 7.66. The van der Waals surface area contributed by atoms with Gasteiger partial charge in [0.1, 0.15) is 16.1 Å². The van der Waals surface area contributed by atoms with Gasteiger partial charge < -0.3 is 10.1 Å². The number of nitrogens with zero attached hydrogens (tertiary/aromatic N) is 3. The van der Waals surface area contributed by atoms with Gasteiger partial charge in [-0.3, -0.25) is 0 Å². The van der Waals surface area contributed by atoms with E-state index in [0.29, 0.717) is 6.61 Å². The van der Waals surface area contributed by atoms with Gasteiger partial charge in [0, 0.05) is 12.0 Å². The zero-order valence-corrected chi connectivity index (χ0v) is 13.5. The summed E-state index contributed by atoms with van der Waals surface area (Å²) in [6, 6.07) is 2.23. The Morgan fingerprint density at radius 2 is 2.32 bits per heavy atom. The van der Waals surface area contributed by atoms with Crippen LogP contribution in [0.1, 0.15) is 25.1 Å². The van der Waals surface area contributed by atoms with Crippen LogP contribution in [0, 0.1) is 0 Å². The molecule has 0 amide bonds. The molecule has 22 heavy (non-hydrogen) atoms. The van der Waals surface area contributed by atoms with E-state index >= 15 is 0 Å². The number of thiophene rings is 1. The predicted octanol–water partition coefficient (Wildman–Crippen LogP) is 2.41. The highest BCUT2D eigenvalue weighted by Gasteiger charge is 2.29. The van der Waals surface area contributed by atoms with Gasteiger partial charge in [0.15, 0.2) is 5.52 Å². The van der Waals surface area contributed by atoms with Crippen LogP contribution in [0.25, 0.3) is 20.4 Å². The van der Waals surface area contributed by atoms with Crippen molar-refractivity contribution in [2.75, 3.05) is 11.9 Å². The molecular formula is C16H17N4OS+. The minimum absolute atomic E-state index is 0.124. The van der Waals surface area contributed by atoms with Crippen LogP contribution in [0.5, 0.6) is 0 Å². The number of nitrogens with one attached hydrogen (secondary N) is 1. The fourth-order valence-corrected chi connectivity index (χ4v) is 4.50. The fraction of sp³-hybridized carbons (Fsp3) is 0.438. The normalized spacial score (nSPS) is 19.2. The first-order chi connectivity index (χ1) is 10.6. The van der Waals surface area contributed by atoms with Gasteiger partial charge >= 0.3 is 0 Å². The molecule has 112 valence electrons. The standard InChI is InChI=1S/C16H16N4OS/c1-16(2)6-11-9(7-21-16)5-10-12-13(22-15(10)19-11)14-17-3-4-20(14)8-18-12/h5,8H,3-4,6-7H2,1-2H3/p+1. The first-order valence-corrected chi connectivity index (χ1v) is 8.44. The summed E-state index contributed by atoms with van der Waals surface area (Å²) in [7, 11) is 0. The second-order valence-electron chi connectivity index (χ2n) is 6.67. The zero-order chi connectivity index (χ0) is 14.9. The summed E-state index contributed by atoms with van der Waals surface area (Å²) in [5.74, 6) is 1.18. The van der Waals surface area contributed by atoms with E-state index in [9.17, 15) is 0 Å². The molecule has 0 fully saturated rings. The average Bonchev–Trinajstić information content (AvgIpc) is 3.07. The van der Waals surface area contributed by atoms with E-state index in [1.54, 1.807) is 11.3 Å². The number of anilines is 1. The van der Waals surface area contributed by atoms with E-state index in [1.807, 2.05) is 6.33 Å². The van der Waals surface area contributed by atoms with Crippen LogP contribution in [0.3, 0.4) is 0 Å². The molecule has 5 rings (SSSR count). The molecule has 5 nitrogen and oxygen atoms in total. The maximum atomic E-state index is 5.93. The van der Waals surface area contributed by atoms with Crippen LogP contribution in [0.2, 0.25) is 0 Å². The number of ether oxygens (including phenoxy) is 1. The molecule has 0 saturated carbocycles. The second kappa shape index (κ2) is 4.14. The molecule has 0 bridgehead atoms. The van der Waals surface area contributed by atoms with Gasteiger partial charge in [-0.15, -0.1) is 16.3 Å². The lowest BCUT2D eigenvalue weighted by Crippen LogP contribution is -2.32. The molecule has 6 heteroatoms. The molecule has 5 heterocycles. The van der Waals surface area contributed by atoms with E-state index in [4.69, 9.17) is 9.72 Å². The SMILES string of the molecule is CC1(C)Cc2nc3sc4c5[n+](cnc4c3cc2CO1)CCN5. The smallest absolute Gasteiger partial charge is 0.242 e. The van der Waals surface area contributed by atoms with Crippen molar-refractivity contribution in [2.24, 2.45) is 0 Å². The summed E-state index contributed by atoms with van der Waals surface area (Å²) < 4.78 is 9.33. The van der Waals surface area contributed by atoms with Crippen molar-refractivity contribution in [2.45, 2.75) is 39.0 Å². The van der Waals surface area contributed by atoms with Gasteiger partial charge in [0.05, 0.1) is 29.8 Å². The van der Waals surface area contributed by atoms with Crippen LogP contribution in [0.15, 0.2) is 12.4 Å². The van der Waals surface area contributed by atoms with Crippen LogP contribution in [0.4, 0.5) is 5.82 Å². The number of pyridine rings is 1. The number of rotatable bonds is 0. The first-order valence-electron chi connectivity index (χ1n) is 7.62. The number of fused-ring (bicyclic) bond motifs is 6. The largest absolute Gasteiger partial charge is 0.370 e. The molecule has 0 radical (unpaired) electrons. The minimum atomic E-state index is -0.124. The van der Waals surface area contributed by atoms with E-state index in [1.165, 1.54) is 21.8 Å². The Bertz CT molecular complexity index is 931. The Morgan fingerprint density at radius 1 is 1.41 bits per heavy atom. The van der Waals surface area contributed by atoms with Gasteiger partial charge in [-0.05, 0) is 19.9 Å². The maximum Gasteiger partial charge on any atom is 0.242 e. The van der Waals surface area contributed by atoms with E-state index in [0.717, 1.165) is 35.2 Å². The molecule has 0 spiro atoms. The number of hydrogen-bond donors (Lipinski definition) is 1. The van der Waals surface area contributed by atoms with Crippen LogP contribution >= 0.6 is 11.3 Å². The van der Waals surface area contributed by atoms with Gasteiger partial charge in [0.2, 0.25) is 12.1 Å². The minimum Gasteiger partial charge on any atom is -0.370 e. The Labute approximate surface area is 132 Å². The topological polar surface area (TPSA) is 50.9 Å². The van der Waals surface area contributed by atoms with E-state index < -0.39 is 0 Å². The Balaban J connectivity index is 1.79. The van der Waals surface area contributed by atoms with Crippen LogP contribution < -0.4 is 9.88 Å². The highest BCUT2D eigenvalue weighted by Crippen LogP contribution is 2.37. The molecule has 0 unspecified atom stereocenters. The van der Waals surface area contributed by atoms with Crippen molar-refractivity contribution in [1.29, 1.82) is 0 Å². The van der Waals surface area contributed by atoms with Crippen molar-refractivity contribution in [3.05, 3.63) is 23.7 Å². The lowest BCUT2D eigenvalue weighted by molar-refractivity contribution is -0.672. The third kappa shape index (κ3) is 1.71. The zero-order valence-electron chi connectivity index (χ0n) is 12.6. The molecular weight excluding hydrogens is 296 g/mol. The quantitative estimate of drug-likeness (QED) is 0.648. The predicted molar refractivity (Wildman–Crippen MR) is 86.2 cm³/mol. The van der Waals surface area contributed by atoms with Crippen molar-refractivity contribution in [3.8, 4) is 0 Å². The maximum absolute atomic E-state index is 5.93. The van der Waals surface area contributed by atoms with Gasteiger partial charge in [-0.2, -0.15) is 0 Å². The molecule has 0 atom stereocenters. The van der Waals surface area contributed by atoms with Crippen molar-refractivity contribution < 1.29 is 9.30 Å². The van der Waals surface area contributed by atoms with Crippen molar-refractivity contribution >= 4 is 37.6 Å². The highest BCUT2D eigenvalue weighted by molar-refractivity contribution is 7.25. The summed E-state index contributed by atoms with van der Waals surface area (Å²) in [6.45, 7) is 6.85. The van der Waals surface area contributed by atoms with Gasteiger partial charge in [-0.1, -0.05) is 0 Å². The molecule has 1 N–H and O–H groups in total. The Kier molecular flexibility index (Phi) is 2.40. The third-order valence-corrected chi connectivity index (χ3v) is 5.61. The van der Waals surface area contributed by atoms with Gasteiger partial charge in [-0.25, -0.2) is 9.55 Å².